The number of benzene rings is 1. The third-order valence-corrected chi connectivity index (χ3v) is 3.71. The average molecular weight is 363 g/mol. The standard InChI is InChI=1S/C17H21N3O6/c1-24-12-9-14(26-3)13(25-2)8-11(12)10-18-15(21)6-7-20-17(23)5-4-16(22)19-20/h4-5,8-9H,6-7,10H2,1-3H3,(H,18,21)(H,19,22). The first kappa shape index (κ1) is 19.1. The van der Waals surface area contributed by atoms with E-state index in [1.807, 2.05) is 0 Å². The van der Waals surface area contributed by atoms with Gasteiger partial charge < -0.3 is 19.5 Å². The summed E-state index contributed by atoms with van der Waals surface area (Å²) in [5, 5.41) is 5.11. The van der Waals surface area contributed by atoms with E-state index in [-0.39, 0.29) is 31.0 Å². The average Bonchev–Trinajstić information content (AvgIpc) is 2.66. The Morgan fingerprint density at radius 3 is 2.35 bits per heavy atom. The Hall–Kier alpha value is -3.23. The zero-order chi connectivity index (χ0) is 19.1. The van der Waals surface area contributed by atoms with Gasteiger partial charge in [-0.3, -0.25) is 19.5 Å². The Labute approximate surface area is 149 Å². The van der Waals surface area contributed by atoms with E-state index in [0.717, 1.165) is 16.8 Å². The summed E-state index contributed by atoms with van der Waals surface area (Å²) in [6.07, 6.45) is 0.0372. The molecule has 1 heterocycles. The van der Waals surface area contributed by atoms with Crippen molar-refractivity contribution in [2.45, 2.75) is 19.5 Å². The zero-order valence-electron chi connectivity index (χ0n) is 14.8. The van der Waals surface area contributed by atoms with Gasteiger partial charge in [0.25, 0.3) is 11.1 Å². The lowest BCUT2D eigenvalue weighted by atomic mass is 10.1. The van der Waals surface area contributed by atoms with Crippen molar-refractivity contribution in [2.75, 3.05) is 21.3 Å². The molecule has 2 aromatic rings. The van der Waals surface area contributed by atoms with E-state index in [1.165, 1.54) is 21.3 Å². The van der Waals surface area contributed by atoms with E-state index >= 15 is 0 Å². The molecular formula is C17H21N3O6. The summed E-state index contributed by atoms with van der Waals surface area (Å²) in [5.41, 5.74) is -0.0668. The molecule has 0 saturated heterocycles. The van der Waals surface area contributed by atoms with Crippen LogP contribution >= 0.6 is 0 Å². The number of aromatic nitrogens is 2. The summed E-state index contributed by atoms with van der Waals surface area (Å²) >= 11 is 0. The monoisotopic (exact) mass is 363 g/mol. The number of rotatable bonds is 8. The van der Waals surface area contributed by atoms with Crippen molar-refractivity contribution in [1.29, 1.82) is 0 Å². The highest BCUT2D eigenvalue weighted by atomic mass is 16.5. The van der Waals surface area contributed by atoms with Crippen LogP contribution in [0.15, 0.2) is 33.9 Å². The van der Waals surface area contributed by atoms with Gasteiger partial charge in [-0.2, -0.15) is 0 Å². The normalized spacial score (nSPS) is 10.3. The molecule has 0 saturated carbocycles. The number of carbonyl (C=O) groups excluding carboxylic acids is 1. The number of methoxy groups -OCH3 is 3. The summed E-state index contributed by atoms with van der Waals surface area (Å²) < 4.78 is 16.9. The van der Waals surface area contributed by atoms with Gasteiger partial charge >= 0.3 is 0 Å². The van der Waals surface area contributed by atoms with Crippen LogP contribution in [-0.2, 0) is 17.9 Å². The van der Waals surface area contributed by atoms with E-state index in [0.29, 0.717) is 22.8 Å². The summed E-state index contributed by atoms with van der Waals surface area (Å²) in [6, 6.07) is 5.69. The number of amides is 1. The number of hydrogen-bond acceptors (Lipinski definition) is 6. The van der Waals surface area contributed by atoms with E-state index in [2.05, 4.69) is 10.4 Å². The Morgan fingerprint density at radius 2 is 1.69 bits per heavy atom. The van der Waals surface area contributed by atoms with Crippen LogP contribution in [0.25, 0.3) is 0 Å². The molecule has 1 aromatic heterocycles. The molecule has 0 bridgehead atoms. The minimum Gasteiger partial charge on any atom is -0.496 e. The topological polar surface area (TPSA) is 112 Å². The largest absolute Gasteiger partial charge is 0.496 e. The van der Waals surface area contributed by atoms with Crippen LogP contribution in [0.4, 0.5) is 0 Å². The molecule has 1 aromatic carbocycles. The number of aryl methyl sites for hydroxylation is 1. The van der Waals surface area contributed by atoms with Crippen LogP contribution in [0.5, 0.6) is 17.2 Å². The predicted octanol–water partition coefficient (Wildman–Crippen LogP) is 0.269. The van der Waals surface area contributed by atoms with Gasteiger partial charge in [0.2, 0.25) is 5.91 Å². The molecule has 9 heteroatoms. The first-order chi connectivity index (χ1) is 12.5. The van der Waals surface area contributed by atoms with Crippen molar-refractivity contribution in [3.05, 3.63) is 50.5 Å². The van der Waals surface area contributed by atoms with Crippen LogP contribution in [0, 0.1) is 0 Å². The molecule has 0 aliphatic rings. The molecule has 2 rings (SSSR count). The number of H-pyrrole nitrogens is 1. The molecule has 1 amide bonds. The second-order valence-corrected chi connectivity index (χ2v) is 5.35. The molecule has 0 aliphatic carbocycles. The van der Waals surface area contributed by atoms with Crippen LogP contribution in [0.2, 0.25) is 0 Å². The highest BCUT2D eigenvalue weighted by Crippen LogP contribution is 2.34. The molecule has 2 N–H and O–H groups in total. The number of nitrogens with zero attached hydrogens (tertiary/aromatic N) is 1. The van der Waals surface area contributed by atoms with E-state index < -0.39 is 5.56 Å². The van der Waals surface area contributed by atoms with Crippen molar-refractivity contribution < 1.29 is 19.0 Å². The Kier molecular flexibility index (Phi) is 6.42. The third-order valence-electron chi connectivity index (χ3n) is 3.71. The van der Waals surface area contributed by atoms with Crippen LogP contribution in [-0.4, -0.2) is 37.0 Å². The van der Waals surface area contributed by atoms with Crippen LogP contribution < -0.4 is 30.6 Å². The van der Waals surface area contributed by atoms with Gasteiger partial charge in [-0.05, 0) is 6.07 Å². The first-order valence-corrected chi connectivity index (χ1v) is 7.84. The minimum absolute atomic E-state index is 0.0372. The van der Waals surface area contributed by atoms with Gasteiger partial charge in [0.15, 0.2) is 11.5 Å². The Morgan fingerprint density at radius 1 is 1.04 bits per heavy atom. The summed E-state index contributed by atoms with van der Waals surface area (Å²) in [6.45, 7) is 0.284. The molecule has 0 spiro atoms. The van der Waals surface area contributed by atoms with E-state index in [9.17, 15) is 14.4 Å². The maximum absolute atomic E-state index is 12.0. The van der Waals surface area contributed by atoms with Gasteiger partial charge in [-0.15, -0.1) is 0 Å². The molecular weight excluding hydrogens is 342 g/mol. The highest BCUT2D eigenvalue weighted by molar-refractivity contribution is 5.75. The Bertz CT molecular complexity index is 887. The van der Waals surface area contributed by atoms with Gasteiger partial charge in [0.1, 0.15) is 5.75 Å². The SMILES string of the molecule is COc1cc(OC)c(OC)cc1CNC(=O)CCn1[nH]c(=O)ccc1=O. The second-order valence-electron chi connectivity index (χ2n) is 5.35. The lowest BCUT2D eigenvalue weighted by Crippen LogP contribution is -2.31. The van der Waals surface area contributed by atoms with Crippen molar-refractivity contribution in [3.63, 3.8) is 0 Å². The van der Waals surface area contributed by atoms with Crippen LogP contribution in [0.1, 0.15) is 12.0 Å². The Balaban J connectivity index is 2.01. The summed E-state index contributed by atoms with van der Waals surface area (Å²) in [4.78, 5) is 34.9. The molecule has 0 radical (unpaired) electrons. The molecule has 0 fully saturated rings. The summed E-state index contributed by atoms with van der Waals surface area (Å²) in [7, 11) is 4.56. The maximum atomic E-state index is 12.0. The molecule has 9 nitrogen and oxygen atoms in total. The molecule has 0 atom stereocenters. The smallest absolute Gasteiger partial charge is 0.265 e. The molecule has 0 aliphatic heterocycles. The fourth-order valence-corrected chi connectivity index (χ4v) is 2.35. The fraction of sp³-hybridized carbons (Fsp3) is 0.353. The summed E-state index contributed by atoms with van der Waals surface area (Å²) in [5.74, 6) is 1.31. The lowest BCUT2D eigenvalue weighted by molar-refractivity contribution is -0.121. The second kappa shape index (κ2) is 8.75. The van der Waals surface area contributed by atoms with Crippen molar-refractivity contribution in [3.8, 4) is 17.2 Å². The van der Waals surface area contributed by atoms with Gasteiger partial charge in [-0.25, -0.2) is 4.68 Å². The number of ether oxygens (including phenoxy) is 3. The zero-order valence-corrected chi connectivity index (χ0v) is 14.8. The predicted molar refractivity (Wildman–Crippen MR) is 93.9 cm³/mol. The van der Waals surface area contributed by atoms with Gasteiger partial charge in [-0.1, -0.05) is 0 Å². The third kappa shape index (κ3) is 4.65. The number of carbonyl (C=O) groups is 1. The molecule has 140 valence electrons. The quantitative estimate of drug-likeness (QED) is 0.696. The van der Waals surface area contributed by atoms with E-state index in [4.69, 9.17) is 14.2 Å². The number of nitrogens with one attached hydrogen (secondary N) is 2. The van der Waals surface area contributed by atoms with E-state index in [1.54, 1.807) is 12.1 Å². The fourth-order valence-electron chi connectivity index (χ4n) is 2.35. The number of aromatic amines is 1. The highest BCUT2D eigenvalue weighted by Gasteiger charge is 2.13. The molecule has 26 heavy (non-hydrogen) atoms. The van der Waals surface area contributed by atoms with Crippen molar-refractivity contribution in [2.24, 2.45) is 0 Å². The van der Waals surface area contributed by atoms with Gasteiger partial charge in [0, 0.05) is 36.7 Å². The van der Waals surface area contributed by atoms with Crippen LogP contribution in [0.3, 0.4) is 0 Å². The van der Waals surface area contributed by atoms with Crippen molar-refractivity contribution >= 4 is 5.91 Å². The van der Waals surface area contributed by atoms with Crippen molar-refractivity contribution in [1.82, 2.24) is 15.1 Å². The molecule has 0 unspecified atom stereocenters. The minimum atomic E-state index is -0.403. The lowest BCUT2D eigenvalue weighted by Gasteiger charge is -2.14. The maximum Gasteiger partial charge on any atom is 0.265 e. The number of hydrogen-bond donors (Lipinski definition) is 2. The first-order valence-electron chi connectivity index (χ1n) is 7.84. The van der Waals surface area contributed by atoms with Gasteiger partial charge in [0.05, 0.1) is 27.9 Å².